The van der Waals surface area contributed by atoms with Gasteiger partial charge in [-0.2, -0.15) is 0 Å². The Morgan fingerprint density at radius 3 is 2.12 bits per heavy atom. The number of pyridine rings is 1. The van der Waals surface area contributed by atoms with E-state index in [-0.39, 0.29) is 29.6 Å². The first-order valence-electron chi connectivity index (χ1n) is 14.4. The van der Waals surface area contributed by atoms with Crippen molar-refractivity contribution < 1.29 is 19.1 Å². The number of nitrogens with one attached hydrogen (secondary N) is 1. The number of ketones is 1. The number of nitrogens with zero attached hydrogens (tertiary/aromatic N) is 3. The average molecular weight is 555 g/mol. The number of aromatic nitrogens is 1. The molecule has 1 aromatic heterocycles. The Morgan fingerprint density at radius 2 is 1.51 bits per heavy atom. The third-order valence-electron chi connectivity index (χ3n) is 8.22. The van der Waals surface area contributed by atoms with Gasteiger partial charge in [-0.05, 0) is 62.4 Å². The maximum absolute atomic E-state index is 13.1. The van der Waals surface area contributed by atoms with Gasteiger partial charge in [-0.1, -0.05) is 42.0 Å². The Bertz CT molecular complexity index is 1340. The summed E-state index contributed by atoms with van der Waals surface area (Å²) in [5.41, 5.74) is 3.87. The standard InChI is InChI=1S/C33H38N4O4/c1-23-3-7-25(8-4-23)31(38)26-13-19-37(20-14-26)33(40)27-9-12-30(34-21-27)32(39)35-28-15-17-36(18-16-28)22-24-5-10-29(41-2)11-6-24/h3-12,21,26,28H,13-20,22H2,1-2H3,(H,35,39). The molecule has 0 radical (unpaired) electrons. The summed E-state index contributed by atoms with van der Waals surface area (Å²) in [5.74, 6) is 0.605. The molecule has 0 unspecified atom stereocenters. The van der Waals surface area contributed by atoms with Gasteiger partial charge < -0.3 is 15.0 Å². The van der Waals surface area contributed by atoms with E-state index in [2.05, 4.69) is 27.3 Å². The second-order valence-corrected chi connectivity index (χ2v) is 11.1. The van der Waals surface area contributed by atoms with Gasteiger partial charge in [0.15, 0.2) is 5.78 Å². The number of likely N-dealkylation sites (tertiary alicyclic amines) is 2. The van der Waals surface area contributed by atoms with Crippen molar-refractivity contribution in [2.45, 2.75) is 45.2 Å². The summed E-state index contributed by atoms with van der Waals surface area (Å²) in [4.78, 5) is 47.2. The molecule has 0 spiro atoms. The number of aryl methyl sites for hydroxylation is 1. The van der Waals surface area contributed by atoms with Crippen LogP contribution in [-0.4, -0.2) is 71.7 Å². The summed E-state index contributed by atoms with van der Waals surface area (Å²) in [6.45, 7) is 5.75. The molecule has 0 bridgehead atoms. The Labute approximate surface area is 241 Å². The molecule has 8 heteroatoms. The summed E-state index contributed by atoms with van der Waals surface area (Å²) in [7, 11) is 1.67. The van der Waals surface area contributed by atoms with E-state index in [0.29, 0.717) is 37.2 Å². The minimum absolute atomic E-state index is 0.0692. The van der Waals surface area contributed by atoms with Gasteiger partial charge in [-0.3, -0.25) is 24.3 Å². The Morgan fingerprint density at radius 1 is 0.854 bits per heavy atom. The van der Waals surface area contributed by atoms with Crippen molar-refractivity contribution in [3.8, 4) is 5.75 Å². The zero-order valence-corrected chi connectivity index (χ0v) is 23.8. The number of piperidine rings is 2. The zero-order chi connectivity index (χ0) is 28.8. The van der Waals surface area contributed by atoms with Gasteiger partial charge in [0.2, 0.25) is 0 Å². The SMILES string of the molecule is COc1ccc(CN2CCC(NC(=O)c3ccc(C(=O)N4CCC(C(=O)c5ccc(C)cc5)CC4)cn3)CC2)cc1. The second kappa shape index (κ2) is 13.1. The molecular weight excluding hydrogens is 516 g/mol. The molecule has 0 aliphatic carbocycles. The van der Waals surface area contributed by atoms with E-state index in [9.17, 15) is 14.4 Å². The molecule has 2 fully saturated rings. The van der Waals surface area contributed by atoms with Gasteiger partial charge in [-0.25, -0.2) is 0 Å². The highest BCUT2D eigenvalue weighted by Gasteiger charge is 2.29. The van der Waals surface area contributed by atoms with Crippen molar-refractivity contribution in [1.29, 1.82) is 0 Å². The molecule has 0 atom stereocenters. The lowest BCUT2D eigenvalue weighted by Crippen LogP contribution is -2.44. The third-order valence-corrected chi connectivity index (χ3v) is 8.22. The molecule has 2 saturated heterocycles. The first-order chi connectivity index (χ1) is 19.9. The van der Waals surface area contributed by atoms with Gasteiger partial charge in [0, 0.05) is 56.4 Å². The minimum Gasteiger partial charge on any atom is -0.497 e. The number of amides is 2. The van der Waals surface area contributed by atoms with Crippen molar-refractivity contribution in [3.05, 3.63) is 94.8 Å². The number of hydrogen-bond acceptors (Lipinski definition) is 6. The average Bonchev–Trinajstić information content (AvgIpc) is 3.02. The molecule has 2 aromatic carbocycles. The quantitative estimate of drug-likeness (QED) is 0.412. The summed E-state index contributed by atoms with van der Waals surface area (Å²) in [6.07, 6.45) is 4.52. The highest BCUT2D eigenvalue weighted by atomic mass is 16.5. The number of benzene rings is 2. The molecule has 8 nitrogen and oxygen atoms in total. The summed E-state index contributed by atoms with van der Waals surface area (Å²) in [5, 5.41) is 3.11. The first kappa shape index (κ1) is 28.5. The molecule has 5 rings (SSSR count). The van der Waals surface area contributed by atoms with E-state index in [0.717, 1.165) is 49.4 Å². The predicted octanol–water partition coefficient (Wildman–Crippen LogP) is 4.53. The number of hydrogen-bond donors (Lipinski definition) is 1. The van der Waals surface area contributed by atoms with E-state index < -0.39 is 0 Å². The van der Waals surface area contributed by atoms with Crippen LogP contribution in [0.2, 0.25) is 0 Å². The Hall–Kier alpha value is -4.04. The van der Waals surface area contributed by atoms with Crippen LogP contribution >= 0.6 is 0 Å². The number of Topliss-reactive ketones (excluding diaryl/α,β-unsaturated/α-hetero) is 1. The van der Waals surface area contributed by atoms with Crippen LogP contribution in [-0.2, 0) is 6.54 Å². The number of carbonyl (C=O) groups excluding carboxylic acids is 3. The van der Waals surface area contributed by atoms with Crippen LogP contribution in [0.1, 0.15) is 68.0 Å². The fraction of sp³-hybridized carbons (Fsp3) is 0.394. The zero-order valence-electron chi connectivity index (χ0n) is 23.8. The molecule has 2 aliphatic heterocycles. The summed E-state index contributed by atoms with van der Waals surface area (Å²) in [6, 6.07) is 19.2. The third kappa shape index (κ3) is 7.19. The van der Waals surface area contributed by atoms with Gasteiger partial charge >= 0.3 is 0 Å². The normalized spacial score (nSPS) is 16.8. The monoisotopic (exact) mass is 554 g/mol. The smallest absolute Gasteiger partial charge is 0.270 e. The molecule has 2 aliphatic rings. The lowest BCUT2D eigenvalue weighted by molar-refractivity contribution is 0.0649. The van der Waals surface area contributed by atoms with Crippen LogP contribution < -0.4 is 10.1 Å². The van der Waals surface area contributed by atoms with E-state index >= 15 is 0 Å². The minimum atomic E-state index is -0.215. The van der Waals surface area contributed by atoms with Gasteiger partial charge in [0.05, 0.1) is 12.7 Å². The second-order valence-electron chi connectivity index (χ2n) is 11.1. The van der Waals surface area contributed by atoms with Crippen molar-refractivity contribution in [2.24, 2.45) is 5.92 Å². The van der Waals surface area contributed by atoms with Gasteiger partial charge in [0.25, 0.3) is 11.8 Å². The van der Waals surface area contributed by atoms with Gasteiger partial charge in [-0.15, -0.1) is 0 Å². The first-order valence-corrected chi connectivity index (χ1v) is 14.4. The van der Waals surface area contributed by atoms with E-state index in [4.69, 9.17) is 4.74 Å². The number of rotatable bonds is 8. The summed E-state index contributed by atoms with van der Waals surface area (Å²) >= 11 is 0. The highest BCUT2D eigenvalue weighted by molar-refractivity contribution is 5.99. The van der Waals surface area contributed by atoms with Crippen LogP contribution in [0, 0.1) is 12.8 Å². The molecule has 3 heterocycles. The van der Waals surface area contributed by atoms with Crippen molar-refractivity contribution >= 4 is 17.6 Å². The van der Waals surface area contributed by atoms with Crippen LogP contribution in [0.4, 0.5) is 0 Å². The lowest BCUT2D eigenvalue weighted by atomic mass is 9.88. The van der Waals surface area contributed by atoms with Crippen molar-refractivity contribution in [1.82, 2.24) is 20.1 Å². The van der Waals surface area contributed by atoms with E-state index in [1.54, 1.807) is 24.1 Å². The summed E-state index contributed by atoms with van der Waals surface area (Å²) < 4.78 is 5.23. The topological polar surface area (TPSA) is 91.8 Å². The largest absolute Gasteiger partial charge is 0.497 e. The molecule has 41 heavy (non-hydrogen) atoms. The maximum atomic E-state index is 13.1. The number of methoxy groups -OCH3 is 1. The molecule has 0 saturated carbocycles. The van der Waals surface area contributed by atoms with Gasteiger partial charge in [0.1, 0.15) is 11.4 Å². The predicted molar refractivity (Wildman–Crippen MR) is 157 cm³/mol. The lowest BCUT2D eigenvalue weighted by Gasteiger charge is -2.32. The van der Waals surface area contributed by atoms with Crippen LogP contribution in [0.15, 0.2) is 66.9 Å². The number of carbonyl (C=O) groups is 3. The fourth-order valence-electron chi connectivity index (χ4n) is 5.62. The highest BCUT2D eigenvalue weighted by Crippen LogP contribution is 2.23. The van der Waals surface area contributed by atoms with Crippen molar-refractivity contribution in [2.75, 3.05) is 33.3 Å². The van der Waals surface area contributed by atoms with Crippen LogP contribution in [0.25, 0.3) is 0 Å². The molecule has 214 valence electrons. The van der Waals surface area contributed by atoms with Crippen LogP contribution in [0.5, 0.6) is 5.75 Å². The fourth-order valence-corrected chi connectivity index (χ4v) is 5.62. The van der Waals surface area contributed by atoms with E-state index in [1.807, 2.05) is 43.3 Å². The Kier molecular flexibility index (Phi) is 9.09. The van der Waals surface area contributed by atoms with E-state index in [1.165, 1.54) is 11.8 Å². The van der Waals surface area contributed by atoms with Crippen LogP contribution in [0.3, 0.4) is 0 Å². The molecule has 1 N–H and O–H groups in total. The molecular formula is C33H38N4O4. The Balaban J connectivity index is 1.06. The molecule has 2 amide bonds. The maximum Gasteiger partial charge on any atom is 0.270 e. The van der Waals surface area contributed by atoms with Crippen molar-refractivity contribution in [3.63, 3.8) is 0 Å². The number of ether oxygens (including phenoxy) is 1. The molecule has 3 aromatic rings.